The molecule has 0 amide bonds. The van der Waals surface area contributed by atoms with Crippen LogP contribution in [0, 0.1) is 5.92 Å². The first kappa shape index (κ1) is 16.2. The van der Waals surface area contributed by atoms with Crippen molar-refractivity contribution in [3.8, 4) is 0 Å². The summed E-state index contributed by atoms with van der Waals surface area (Å²) in [7, 11) is 0. The lowest BCUT2D eigenvalue weighted by molar-refractivity contribution is 0.155. The summed E-state index contributed by atoms with van der Waals surface area (Å²) in [5.41, 5.74) is 2.21. The Morgan fingerprint density at radius 1 is 1.00 bits per heavy atom. The number of hydrogen-bond donors (Lipinski definition) is 3. The van der Waals surface area contributed by atoms with E-state index >= 15 is 0 Å². The van der Waals surface area contributed by atoms with Crippen molar-refractivity contribution in [2.45, 2.75) is 45.8 Å². The fraction of sp³-hybridized carbons (Fsp3) is 0.625. The van der Waals surface area contributed by atoms with Crippen LogP contribution < -0.4 is 5.32 Å². The van der Waals surface area contributed by atoms with Gasteiger partial charge in [-0.2, -0.15) is 0 Å². The fourth-order valence-corrected chi connectivity index (χ4v) is 1.88. The monoisotopic (exact) mass is 265 g/mol. The zero-order chi connectivity index (χ0) is 14.4. The highest BCUT2D eigenvalue weighted by Gasteiger charge is 2.13. The van der Waals surface area contributed by atoms with Gasteiger partial charge in [0.15, 0.2) is 0 Å². The van der Waals surface area contributed by atoms with E-state index in [-0.39, 0.29) is 18.6 Å². The summed E-state index contributed by atoms with van der Waals surface area (Å²) in [4.78, 5) is 0. The summed E-state index contributed by atoms with van der Waals surface area (Å²) in [5, 5.41) is 22.5. The van der Waals surface area contributed by atoms with E-state index in [4.69, 9.17) is 5.11 Å². The van der Waals surface area contributed by atoms with Crippen molar-refractivity contribution in [1.29, 1.82) is 0 Å². The molecule has 0 saturated heterocycles. The average Bonchev–Trinajstić information content (AvgIpc) is 2.43. The van der Waals surface area contributed by atoms with Crippen molar-refractivity contribution in [3.63, 3.8) is 0 Å². The van der Waals surface area contributed by atoms with Crippen molar-refractivity contribution in [2.24, 2.45) is 5.92 Å². The summed E-state index contributed by atoms with van der Waals surface area (Å²) in [6.07, 6.45) is -0.505. The molecule has 3 nitrogen and oxygen atoms in total. The minimum atomic E-state index is -0.505. The highest BCUT2D eigenvalue weighted by atomic mass is 16.3. The van der Waals surface area contributed by atoms with Crippen LogP contribution in [0.1, 0.15) is 50.8 Å². The summed E-state index contributed by atoms with van der Waals surface area (Å²) in [6.45, 7) is 8.99. The lowest BCUT2D eigenvalue weighted by Crippen LogP contribution is -2.36. The highest BCUT2D eigenvalue weighted by Crippen LogP contribution is 2.18. The van der Waals surface area contributed by atoms with Crippen molar-refractivity contribution in [1.82, 2.24) is 5.32 Å². The number of rotatable bonds is 7. The normalized spacial score (nSPS) is 16.4. The topological polar surface area (TPSA) is 52.5 Å². The third-order valence-corrected chi connectivity index (χ3v) is 3.76. The molecule has 0 aliphatic carbocycles. The lowest BCUT2D eigenvalue weighted by atomic mass is 9.99. The van der Waals surface area contributed by atoms with E-state index in [9.17, 15) is 5.11 Å². The molecule has 0 spiro atoms. The number of benzene rings is 1. The van der Waals surface area contributed by atoms with Crippen LogP contribution in [0.15, 0.2) is 24.3 Å². The van der Waals surface area contributed by atoms with Crippen LogP contribution in [0.4, 0.5) is 0 Å². The van der Waals surface area contributed by atoms with Gasteiger partial charge in [-0.1, -0.05) is 45.0 Å². The molecule has 0 heterocycles. The van der Waals surface area contributed by atoms with Gasteiger partial charge in [0, 0.05) is 19.2 Å². The Balaban J connectivity index is 2.51. The van der Waals surface area contributed by atoms with E-state index in [0.29, 0.717) is 12.5 Å². The number of hydrogen-bond acceptors (Lipinski definition) is 3. The second-order valence-corrected chi connectivity index (χ2v) is 5.69. The van der Waals surface area contributed by atoms with E-state index in [2.05, 4.69) is 31.3 Å². The minimum absolute atomic E-state index is 0.160. The third kappa shape index (κ3) is 4.94. The molecule has 3 unspecified atom stereocenters. The third-order valence-electron chi connectivity index (χ3n) is 3.76. The lowest BCUT2D eigenvalue weighted by Gasteiger charge is -2.21. The van der Waals surface area contributed by atoms with Crippen LogP contribution in [0.2, 0.25) is 0 Å². The van der Waals surface area contributed by atoms with Crippen LogP contribution >= 0.6 is 0 Å². The first-order chi connectivity index (χ1) is 8.95. The SMILES string of the molecule is CC(C)c1ccc(C(O)CNC(C)C(C)CO)cc1. The van der Waals surface area contributed by atoms with Gasteiger partial charge in [0.25, 0.3) is 0 Å². The molecule has 1 aromatic rings. The fourth-order valence-electron chi connectivity index (χ4n) is 1.88. The van der Waals surface area contributed by atoms with Crippen molar-refractivity contribution >= 4 is 0 Å². The molecule has 3 atom stereocenters. The number of aliphatic hydroxyl groups excluding tert-OH is 2. The molecule has 0 aliphatic rings. The predicted octanol–water partition coefficient (Wildman–Crippen LogP) is 2.45. The molecule has 3 N–H and O–H groups in total. The van der Waals surface area contributed by atoms with Gasteiger partial charge in [0.1, 0.15) is 0 Å². The average molecular weight is 265 g/mol. The first-order valence-electron chi connectivity index (χ1n) is 7.07. The van der Waals surface area contributed by atoms with E-state index in [1.807, 2.05) is 26.0 Å². The molecule has 0 bridgehead atoms. The predicted molar refractivity (Wildman–Crippen MR) is 79.2 cm³/mol. The Hall–Kier alpha value is -0.900. The van der Waals surface area contributed by atoms with Gasteiger partial charge < -0.3 is 15.5 Å². The maximum Gasteiger partial charge on any atom is 0.0914 e. The molecule has 0 saturated carbocycles. The van der Waals surface area contributed by atoms with Gasteiger partial charge in [0.2, 0.25) is 0 Å². The van der Waals surface area contributed by atoms with Gasteiger partial charge in [-0.15, -0.1) is 0 Å². The van der Waals surface area contributed by atoms with Crippen LogP contribution in [0.25, 0.3) is 0 Å². The van der Waals surface area contributed by atoms with E-state index in [1.165, 1.54) is 5.56 Å². The number of nitrogens with one attached hydrogen (secondary N) is 1. The van der Waals surface area contributed by atoms with Crippen LogP contribution in [0.5, 0.6) is 0 Å². The maximum atomic E-state index is 10.1. The molecule has 0 radical (unpaired) electrons. The van der Waals surface area contributed by atoms with E-state index < -0.39 is 6.10 Å². The highest BCUT2D eigenvalue weighted by molar-refractivity contribution is 5.26. The van der Waals surface area contributed by atoms with Crippen LogP contribution in [0.3, 0.4) is 0 Å². The summed E-state index contributed by atoms with van der Waals surface area (Å²) >= 11 is 0. The quantitative estimate of drug-likeness (QED) is 0.710. The van der Waals surface area contributed by atoms with E-state index in [1.54, 1.807) is 0 Å². The smallest absolute Gasteiger partial charge is 0.0914 e. The molecule has 1 rings (SSSR count). The molecule has 19 heavy (non-hydrogen) atoms. The minimum Gasteiger partial charge on any atom is -0.396 e. The standard InChI is InChI=1S/C16H27NO2/c1-11(2)14-5-7-15(8-6-14)16(19)9-17-13(4)12(3)10-18/h5-8,11-13,16-19H,9-10H2,1-4H3. The van der Waals surface area contributed by atoms with Gasteiger partial charge >= 0.3 is 0 Å². The molecular weight excluding hydrogens is 238 g/mol. The number of aliphatic hydroxyl groups is 2. The Bertz CT molecular complexity index is 362. The summed E-state index contributed by atoms with van der Waals surface area (Å²) < 4.78 is 0. The zero-order valence-corrected chi connectivity index (χ0v) is 12.4. The van der Waals surface area contributed by atoms with Crippen molar-refractivity contribution in [2.75, 3.05) is 13.2 Å². The Kier molecular flexibility index (Phi) is 6.49. The molecule has 3 heteroatoms. The zero-order valence-electron chi connectivity index (χ0n) is 12.4. The Labute approximate surface area is 116 Å². The van der Waals surface area contributed by atoms with Crippen molar-refractivity contribution in [3.05, 3.63) is 35.4 Å². The molecule has 0 aliphatic heterocycles. The van der Waals surface area contributed by atoms with Gasteiger partial charge in [-0.05, 0) is 29.9 Å². The van der Waals surface area contributed by atoms with Crippen LogP contribution in [-0.4, -0.2) is 29.4 Å². The van der Waals surface area contributed by atoms with E-state index in [0.717, 1.165) is 5.56 Å². The van der Waals surface area contributed by atoms with Crippen molar-refractivity contribution < 1.29 is 10.2 Å². The van der Waals surface area contributed by atoms with Gasteiger partial charge in [-0.25, -0.2) is 0 Å². The Morgan fingerprint density at radius 3 is 2.00 bits per heavy atom. The second kappa shape index (κ2) is 7.63. The van der Waals surface area contributed by atoms with Crippen LogP contribution in [-0.2, 0) is 0 Å². The molecule has 0 aromatic heterocycles. The van der Waals surface area contributed by atoms with Gasteiger partial charge in [-0.3, -0.25) is 0 Å². The van der Waals surface area contributed by atoms with Gasteiger partial charge in [0.05, 0.1) is 6.10 Å². The summed E-state index contributed by atoms with van der Waals surface area (Å²) in [6, 6.07) is 8.31. The maximum absolute atomic E-state index is 10.1. The first-order valence-corrected chi connectivity index (χ1v) is 7.07. The molecule has 108 valence electrons. The largest absolute Gasteiger partial charge is 0.396 e. The molecular formula is C16H27NO2. The second-order valence-electron chi connectivity index (χ2n) is 5.69. The Morgan fingerprint density at radius 2 is 1.53 bits per heavy atom. The molecule has 0 fully saturated rings. The summed E-state index contributed by atoms with van der Waals surface area (Å²) in [5.74, 6) is 0.699. The molecule has 1 aromatic carbocycles.